The van der Waals surface area contributed by atoms with Crippen molar-refractivity contribution in [3.05, 3.63) is 17.5 Å². The number of rotatable bonds is 2. The lowest BCUT2D eigenvalue weighted by atomic mass is 10.1. The summed E-state index contributed by atoms with van der Waals surface area (Å²) in [6, 6.07) is 1.78. The summed E-state index contributed by atoms with van der Waals surface area (Å²) in [7, 11) is 0. The molecule has 1 atom stereocenters. The lowest BCUT2D eigenvalue weighted by molar-refractivity contribution is 0.238. The SMILES string of the molecule is OCC1CCN(c2cc(Cl)nc3ncnn23)C1. The average molecular weight is 254 g/mol. The smallest absolute Gasteiger partial charge is 0.255 e. The van der Waals surface area contributed by atoms with Gasteiger partial charge in [-0.25, -0.2) is 0 Å². The van der Waals surface area contributed by atoms with Gasteiger partial charge < -0.3 is 10.0 Å². The van der Waals surface area contributed by atoms with Gasteiger partial charge in [0.25, 0.3) is 5.78 Å². The van der Waals surface area contributed by atoms with Crippen molar-refractivity contribution in [2.45, 2.75) is 6.42 Å². The Morgan fingerprint density at radius 2 is 2.41 bits per heavy atom. The average Bonchev–Trinajstić information content (AvgIpc) is 2.95. The quantitative estimate of drug-likeness (QED) is 0.794. The summed E-state index contributed by atoms with van der Waals surface area (Å²) in [5, 5.41) is 13.7. The first-order valence-electron chi connectivity index (χ1n) is 5.50. The zero-order valence-electron chi connectivity index (χ0n) is 9.12. The molecule has 1 aliphatic heterocycles. The molecule has 2 aromatic rings. The van der Waals surface area contributed by atoms with Crippen LogP contribution in [0, 0.1) is 5.92 Å². The molecule has 3 heterocycles. The second-order valence-electron chi connectivity index (χ2n) is 4.19. The highest BCUT2D eigenvalue weighted by molar-refractivity contribution is 6.29. The van der Waals surface area contributed by atoms with Crippen LogP contribution in [0.1, 0.15) is 6.42 Å². The van der Waals surface area contributed by atoms with Crippen molar-refractivity contribution in [2.24, 2.45) is 5.92 Å². The Bertz CT molecular complexity index is 542. The number of nitrogens with zero attached hydrogens (tertiary/aromatic N) is 5. The van der Waals surface area contributed by atoms with Crippen molar-refractivity contribution >= 4 is 23.2 Å². The molecule has 17 heavy (non-hydrogen) atoms. The second kappa shape index (κ2) is 4.12. The van der Waals surface area contributed by atoms with Crippen LogP contribution in [0.15, 0.2) is 12.4 Å². The standard InChI is InChI=1S/C10H12ClN5O/c11-8-3-9(15-2-1-7(4-15)5-17)16-10(14-8)12-6-13-16/h3,6-7,17H,1-2,4-5H2. The van der Waals surface area contributed by atoms with Crippen molar-refractivity contribution in [3.8, 4) is 0 Å². The van der Waals surface area contributed by atoms with Crippen molar-refractivity contribution in [1.29, 1.82) is 0 Å². The van der Waals surface area contributed by atoms with Gasteiger partial charge >= 0.3 is 0 Å². The molecule has 0 aromatic carbocycles. The summed E-state index contributed by atoms with van der Waals surface area (Å²) in [4.78, 5) is 10.3. The van der Waals surface area contributed by atoms with Gasteiger partial charge in [-0.05, 0) is 6.42 Å². The molecule has 1 saturated heterocycles. The van der Waals surface area contributed by atoms with Crippen molar-refractivity contribution in [1.82, 2.24) is 19.6 Å². The molecule has 0 spiro atoms. The van der Waals surface area contributed by atoms with Crippen LogP contribution in [0.3, 0.4) is 0 Å². The van der Waals surface area contributed by atoms with E-state index < -0.39 is 0 Å². The van der Waals surface area contributed by atoms with E-state index in [-0.39, 0.29) is 6.61 Å². The molecule has 6 nitrogen and oxygen atoms in total. The van der Waals surface area contributed by atoms with Gasteiger partial charge in [-0.1, -0.05) is 11.6 Å². The fourth-order valence-electron chi connectivity index (χ4n) is 2.18. The Kier molecular flexibility index (Phi) is 2.60. The number of fused-ring (bicyclic) bond motifs is 1. The molecule has 0 bridgehead atoms. The number of aliphatic hydroxyl groups is 1. The molecule has 2 aromatic heterocycles. The molecule has 1 fully saturated rings. The van der Waals surface area contributed by atoms with Crippen LogP contribution >= 0.6 is 11.6 Å². The summed E-state index contributed by atoms with van der Waals surface area (Å²) in [6.45, 7) is 1.92. The molecule has 0 amide bonds. The van der Waals surface area contributed by atoms with Gasteiger partial charge in [-0.2, -0.15) is 19.6 Å². The molecule has 1 aliphatic rings. The van der Waals surface area contributed by atoms with Gasteiger partial charge in [-0.15, -0.1) is 0 Å². The van der Waals surface area contributed by atoms with Crippen LogP contribution < -0.4 is 4.90 Å². The van der Waals surface area contributed by atoms with Gasteiger partial charge in [0.2, 0.25) is 0 Å². The van der Waals surface area contributed by atoms with E-state index in [2.05, 4.69) is 20.0 Å². The van der Waals surface area contributed by atoms with E-state index in [1.807, 2.05) is 0 Å². The summed E-state index contributed by atoms with van der Waals surface area (Å²) in [5.41, 5.74) is 0. The maximum Gasteiger partial charge on any atom is 0.255 e. The van der Waals surface area contributed by atoms with Gasteiger partial charge in [0.1, 0.15) is 17.3 Å². The number of hydrogen-bond acceptors (Lipinski definition) is 5. The molecular formula is C10H12ClN5O. The highest BCUT2D eigenvalue weighted by Gasteiger charge is 2.24. The van der Waals surface area contributed by atoms with Gasteiger partial charge in [0.15, 0.2) is 0 Å². The number of halogens is 1. The molecule has 7 heteroatoms. The molecule has 1 unspecified atom stereocenters. The van der Waals surface area contributed by atoms with Crippen LogP contribution in [0.4, 0.5) is 5.82 Å². The largest absolute Gasteiger partial charge is 0.396 e. The summed E-state index contributed by atoms with van der Waals surface area (Å²) >= 11 is 5.96. The Hall–Kier alpha value is -1.40. The van der Waals surface area contributed by atoms with Crippen molar-refractivity contribution < 1.29 is 5.11 Å². The van der Waals surface area contributed by atoms with Crippen LogP contribution in [0.2, 0.25) is 5.15 Å². The Morgan fingerprint density at radius 1 is 1.53 bits per heavy atom. The Balaban J connectivity index is 2.02. The van der Waals surface area contributed by atoms with Crippen molar-refractivity contribution in [2.75, 3.05) is 24.6 Å². The predicted octanol–water partition coefficient (Wildman–Crippen LogP) is 0.596. The van der Waals surface area contributed by atoms with E-state index in [1.165, 1.54) is 6.33 Å². The highest BCUT2D eigenvalue weighted by Crippen LogP contribution is 2.25. The maximum absolute atomic E-state index is 9.16. The minimum Gasteiger partial charge on any atom is -0.396 e. The number of hydrogen-bond donors (Lipinski definition) is 1. The minimum absolute atomic E-state index is 0.218. The molecule has 0 saturated carbocycles. The van der Waals surface area contributed by atoms with Gasteiger partial charge in [-0.3, -0.25) is 0 Å². The second-order valence-corrected chi connectivity index (χ2v) is 4.58. The van der Waals surface area contributed by atoms with Crippen LogP contribution in [0.5, 0.6) is 0 Å². The topological polar surface area (TPSA) is 66.5 Å². The monoisotopic (exact) mass is 253 g/mol. The van der Waals surface area contributed by atoms with E-state index in [1.54, 1.807) is 10.6 Å². The third-order valence-corrected chi connectivity index (χ3v) is 3.26. The first-order chi connectivity index (χ1) is 8.28. The van der Waals surface area contributed by atoms with E-state index in [0.29, 0.717) is 16.8 Å². The number of aromatic nitrogens is 4. The summed E-state index contributed by atoms with van der Waals surface area (Å²) in [6.07, 6.45) is 2.44. The molecule has 1 N–H and O–H groups in total. The first kappa shape index (κ1) is 10.7. The number of anilines is 1. The van der Waals surface area contributed by atoms with Crippen LogP contribution in [0.25, 0.3) is 5.78 Å². The zero-order chi connectivity index (χ0) is 11.8. The Morgan fingerprint density at radius 3 is 3.18 bits per heavy atom. The molecule has 90 valence electrons. The van der Waals surface area contributed by atoms with Gasteiger partial charge in [0, 0.05) is 31.7 Å². The first-order valence-corrected chi connectivity index (χ1v) is 5.88. The summed E-state index contributed by atoms with van der Waals surface area (Å²) < 4.78 is 1.67. The van der Waals surface area contributed by atoms with E-state index in [0.717, 1.165) is 25.3 Å². The van der Waals surface area contributed by atoms with E-state index in [4.69, 9.17) is 16.7 Å². The molecular weight excluding hydrogens is 242 g/mol. The predicted molar refractivity (Wildman–Crippen MR) is 63.2 cm³/mol. The fourth-order valence-corrected chi connectivity index (χ4v) is 2.36. The normalized spacial score (nSPS) is 20.4. The molecule has 0 aliphatic carbocycles. The Labute approximate surface area is 103 Å². The van der Waals surface area contributed by atoms with Crippen LogP contribution in [-0.4, -0.2) is 44.4 Å². The lowest BCUT2D eigenvalue weighted by Crippen LogP contribution is -2.23. The third-order valence-electron chi connectivity index (χ3n) is 3.07. The van der Waals surface area contributed by atoms with Gasteiger partial charge in [0.05, 0.1) is 0 Å². The third kappa shape index (κ3) is 1.83. The molecule has 0 radical (unpaired) electrons. The van der Waals surface area contributed by atoms with E-state index in [9.17, 15) is 0 Å². The lowest BCUT2D eigenvalue weighted by Gasteiger charge is -2.18. The number of aliphatic hydroxyl groups excluding tert-OH is 1. The van der Waals surface area contributed by atoms with E-state index >= 15 is 0 Å². The van der Waals surface area contributed by atoms with Crippen LogP contribution in [-0.2, 0) is 0 Å². The maximum atomic E-state index is 9.16. The fraction of sp³-hybridized carbons (Fsp3) is 0.500. The highest BCUT2D eigenvalue weighted by atomic mass is 35.5. The summed E-state index contributed by atoms with van der Waals surface area (Å²) in [5.74, 6) is 1.70. The van der Waals surface area contributed by atoms with Crippen molar-refractivity contribution in [3.63, 3.8) is 0 Å². The molecule has 3 rings (SSSR count). The zero-order valence-corrected chi connectivity index (χ0v) is 9.88. The minimum atomic E-state index is 0.218.